The summed E-state index contributed by atoms with van der Waals surface area (Å²) in [5.74, 6) is 0. The maximum atomic E-state index is 9.10. The molecule has 1 unspecified atom stereocenters. The second-order valence-corrected chi connectivity index (χ2v) is 4.51. The molecule has 0 amide bonds. The quantitative estimate of drug-likeness (QED) is 0.814. The molecular formula is C12H21N3O2. The summed E-state index contributed by atoms with van der Waals surface area (Å²) in [6.45, 7) is 5.50. The van der Waals surface area contributed by atoms with Gasteiger partial charge in [-0.15, -0.1) is 0 Å². The number of aliphatic hydroxyl groups excluding tert-OH is 1. The van der Waals surface area contributed by atoms with Crippen molar-refractivity contribution in [1.82, 2.24) is 14.7 Å². The fourth-order valence-electron chi connectivity index (χ4n) is 2.16. The molecule has 1 aromatic rings. The summed E-state index contributed by atoms with van der Waals surface area (Å²) in [5.41, 5.74) is 2.36. The summed E-state index contributed by atoms with van der Waals surface area (Å²) in [4.78, 5) is 2.31. The molecule has 1 aromatic heterocycles. The standard InChI is InChI=1S/C12H21N3O2/c1-3-10-6-11(14(2)13-10)7-15-4-5-17-12(8-15)9-16/h6,12,16H,3-5,7-9H2,1-2H3. The molecule has 2 heterocycles. The first-order valence-corrected chi connectivity index (χ1v) is 6.19. The van der Waals surface area contributed by atoms with Crippen molar-refractivity contribution >= 4 is 0 Å². The van der Waals surface area contributed by atoms with Gasteiger partial charge in [0.2, 0.25) is 0 Å². The molecule has 0 radical (unpaired) electrons. The Morgan fingerprint density at radius 2 is 2.41 bits per heavy atom. The third kappa shape index (κ3) is 3.06. The average molecular weight is 239 g/mol. The van der Waals surface area contributed by atoms with Crippen molar-refractivity contribution in [1.29, 1.82) is 0 Å². The SMILES string of the molecule is CCc1cc(CN2CCOC(CO)C2)n(C)n1. The van der Waals surface area contributed by atoms with E-state index >= 15 is 0 Å². The largest absolute Gasteiger partial charge is 0.394 e. The maximum absolute atomic E-state index is 9.10. The van der Waals surface area contributed by atoms with E-state index in [1.54, 1.807) is 0 Å². The van der Waals surface area contributed by atoms with Crippen LogP contribution < -0.4 is 0 Å². The molecule has 0 aliphatic carbocycles. The topological polar surface area (TPSA) is 50.5 Å². The summed E-state index contributed by atoms with van der Waals surface area (Å²) in [6, 6.07) is 2.16. The number of ether oxygens (including phenoxy) is 1. The van der Waals surface area contributed by atoms with Crippen LogP contribution >= 0.6 is 0 Å². The van der Waals surface area contributed by atoms with E-state index in [0.717, 1.165) is 31.7 Å². The Morgan fingerprint density at radius 3 is 3.06 bits per heavy atom. The van der Waals surface area contributed by atoms with Crippen molar-refractivity contribution in [2.24, 2.45) is 7.05 Å². The summed E-state index contributed by atoms with van der Waals surface area (Å²) >= 11 is 0. The predicted octanol–water partition coefficient (Wildman–Crippen LogP) is 0.176. The van der Waals surface area contributed by atoms with E-state index in [4.69, 9.17) is 9.84 Å². The number of morpholine rings is 1. The minimum Gasteiger partial charge on any atom is -0.394 e. The van der Waals surface area contributed by atoms with Crippen LogP contribution in [-0.4, -0.2) is 52.2 Å². The molecule has 0 saturated carbocycles. The first-order chi connectivity index (χ1) is 8.22. The zero-order valence-electron chi connectivity index (χ0n) is 10.6. The normalized spacial score (nSPS) is 21.9. The van der Waals surface area contributed by atoms with E-state index in [0.29, 0.717) is 6.61 Å². The monoisotopic (exact) mass is 239 g/mol. The van der Waals surface area contributed by atoms with Crippen LogP contribution in [0.15, 0.2) is 6.07 Å². The Morgan fingerprint density at radius 1 is 1.59 bits per heavy atom. The average Bonchev–Trinajstić information content (AvgIpc) is 2.70. The van der Waals surface area contributed by atoms with Crippen LogP contribution in [0.1, 0.15) is 18.3 Å². The number of nitrogens with zero attached hydrogens (tertiary/aromatic N) is 3. The molecule has 17 heavy (non-hydrogen) atoms. The van der Waals surface area contributed by atoms with E-state index in [-0.39, 0.29) is 12.7 Å². The number of aliphatic hydroxyl groups is 1. The van der Waals surface area contributed by atoms with E-state index in [9.17, 15) is 0 Å². The molecular weight excluding hydrogens is 218 g/mol. The first-order valence-electron chi connectivity index (χ1n) is 6.19. The van der Waals surface area contributed by atoms with Crippen LogP contribution in [0.2, 0.25) is 0 Å². The van der Waals surface area contributed by atoms with Gasteiger partial charge in [0, 0.05) is 26.7 Å². The summed E-state index contributed by atoms with van der Waals surface area (Å²) in [7, 11) is 1.98. The Balaban J connectivity index is 1.97. The first kappa shape index (κ1) is 12.5. The second-order valence-electron chi connectivity index (χ2n) is 4.51. The van der Waals surface area contributed by atoms with Gasteiger partial charge in [-0.1, -0.05) is 6.92 Å². The highest BCUT2D eigenvalue weighted by molar-refractivity contribution is 5.10. The molecule has 96 valence electrons. The molecule has 1 aliphatic heterocycles. The van der Waals surface area contributed by atoms with E-state index in [2.05, 4.69) is 23.0 Å². The predicted molar refractivity (Wildman–Crippen MR) is 64.7 cm³/mol. The van der Waals surface area contributed by atoms with Crippen molar-refractivity contribution in [2.75, 3.05) is 26.3 Å². The van der Waals surface area contributed by atoms with Gasteiger partial charge in [0.15, 0.2) is 0 Å². The van der Waals surface area contributed by atoms with E-state index in [1.165, 1.54) is 5.69 Å². The van der Waals surface area contributed by atoms with Crippen molar-refractivity contribution in [3.63, 3.8) is 0 Å². The fraction of sp³-hybridized carbons (Fsp3) is 0.750. The molecule has 2 rings (SSSR count). The van der Waals surface area contributed by atoms with Crippen molar-refractivity contribution in [3.8, 4) is 0 Å². The molecule has 1 fully saturated rings. The van der Waals surface area contributed by atoms with Crippen LogP contribution in [0.3, 0.4) is 0 Å². The number of aryl methyl sites for hydroxylation is 2. The van der Waals surface area contributed by atoms with Gasteiger partial charge in [0.1, 0.15) is 0 Å². The van der Waals surface area contributed by atoms with E-state index in [1.807, 2.05) is 11.7 Å². The highest BCUT2D eigenvalue weighted by Gasteiger charge is 2.20. The minimum absolute atomic E-state index is 0.0392. The molecule has 0 aromatic carbocycles. The van der Waals surface area contributed by atoms with Gasteiger partial charge in [-0.25, -0.2) is 0 Å². The molecule has 1 atom stereocenters. The van der Waals surface area contributed by atoms with E-state index < -0.39 is 0 Å². The van der Waals surface area contributed by atoms with Crippen LogP contribution in [0, 0.1) is 0 Å². The zero-order valence-corrected chi connectivity index (χ0v) is 10.6. The molecule has 0 bridgehead atoms. The van der Waals surface area contributed by atoms with Gasteiger partial charge < -0.3 is 9.84 Å². The van der Waals surface area contributed by atoms with Gasteiger partial charge in [0.25, 0.3) is 0 Å². The molecule has 0 spiro atoms. The molecule has 1 aliphatic rings. The number of aromatic nitrogens is 2. The lowest BCUT2D eigenvalue weighted by Gasteiger charge is -2.31. The van der Waals surface area contributed by atoms with Gasteiger partial charge in [-0.2, -0.15) is 5.10 Å². The molecule has 5 nitrogen and oxygen atoms in total. The number of rotatable bonds is 4. The Bertz CT molecular complexity index is 365. The highest BCUT2D eigenvalue weighted by Crippen LogP contribution is 2.11. The summed E-state index contributed by atoms with van der Waals surface area (Å²) in [5, 5.41) is 13.5. The molecule has 1 saturated heterocycles. The van der Waals surface area contributed by atoms with Crippen molar-refractivity contribution < 1.29 is 9.84 Å². The Hall–Kier alpha value is -0.910. The van der Waals surface area contributed by atoms with Gasteiger partial charge in [-0.3, -0.25) is 9.58 Å². The number of hydrogen-bond acceptors (Lipinski definition) is 4. The Kier molecular flexibility index (Phi) is 4.15. The second kappa shape index (κ2) is 5.62. The lowest BCUT2D eigenvalue weighted by atomic mass is 10.2. The van der Waals surface area contributed by atoms with Gasteiger partial charge in [-0.05, 0) is 12.5 Å². The lowest BCUT2D eigenvalue weighted by Crippen LogP contribution is -2.43. The van der Waals surface area contributed by atoms with Gasteiger partial charge >= 0.3 is 0 Å². The van der Waals surface area contributed by atoms with Crippen LogP contribution in [0.4, 0.5) is 0 Å². The Labute approximate surface area is 102 Å². The van der Waals surface area contributed by atoms with Crippen molar-refractivity contribution in [2.45, 2.75) is 26.0 Å². The smallest absolute Gasteiger partial charge is 0.0933 e. The maximum Gasteiger partial charge on any atom is 0.0933 e. The molecule has 1 N–H and O–H groups in total. The summed E-state index contributed by atoms with van der Waals surface area (Å²) < 4.78 is 7.38. The zero-order chi connectivity index (χ0) is 12.3. The lowest BCUT2D eigenvalue weighted by molar-refractivity contribution is -0.0556. The molecule has 5 heteroatoms. The van der Waals surface area contributed by atoms with Crippen LogP contribution in [-0.2, 0) is 24.8 Å². The number of hydrogen-bond donors (Lipinski definition) is 1. The minimum atomic E-state index is -0.0392. The third-order valence-corrected chi connectivity index (χ3v) is 3.20. The van der Waals surface area contributed by atoms with Crippen LogP contribution in [0.25, 0.3) is 0 Å². The summed E-state index contributed by atoms with van der Waals surface area (Å²) in [6.07, 6.45) is 0.929. The third-order valence-electron chi connectivity index (χ3n) is 3.20. The van der Waals surface area contributed by atoms with Gasteiger partial charge in [0.05, 0.1) is 30.7 Å². The highest BCUT2D eigenvalue weighted by atomic mass is 16.5. The fourth-order valence-corrected chi connectivity index (χ4v) is 2.16. The van der Waals surface area contributed by atoms with Crippen LogP contribution in [0.5, 0.6) is 0 Å². The van der Waals surface area contributed by atoms with Crippen molar-refractivity contribution in [3.05, 3.63) is 17.5 Å².